The second-order valence-corrected chi connectivity index (χ2v) is 8.20. The third kappa shape index (κ3) is 6.41. The first-order chi connectivity index (χ1) is 12.5. The molecular formula is C18H20ClFN2O4S. The minimum atomic E-state index is -3.64. The van der Waals surface area contributed by atoms with Gasteiger partial charge in [-0.1, -0.05) is 23.7 Å². The van der Waals surface area contributed by atoms with Crippen LogP contribution in [0.25, 0.3) is 0 Å². The third-order valence-corrected chi connectivity index (χ3v) is 4.34. The van der Waals surface area contributed by atoms with Crippen molar-refractivity contribution in [3.8, 4) is 5.75 Å². The Morgan fingerprint density at radius 1 is 1.26 bits per heavy atom. The zero-order valence-corrected chi connectivity index (χ0v) is 16.6. The maximum absolute atomic E-state index is 13.3. The highest BCUT2D eigenvalue weighted by atomic mass is 35.5. The van der Waals surface area contributed by atoms with Crippen molar-refractivity contribution in [2.24, 2.45) is 0 Å². The summed E-state index contributed by atoms with van der Waals surface area (Å²) in [6.45, 7) is 3.90. The van der Waals surface area contributed by atoms with Crippen LogP contribution in [0, 0.1) is 5.82 Å². The molecule has 0 spiro atoms. The van der Waals surface area contributed by atoms with Crippen molar-refractivity contribution >= 4 is 33.4 Å². The quantitative estimate of drug-likeness (QED) is 0.716. The second kappa shape index (κ2) is 8.58. The van der Waals surface area contributed by atoms with Crippen LogP contribution in [0.15, 0.2) is 42.5 Å². The van der Waals surface area contributed by atoms with Crippen LogP contribution in [-0.2, 0) is 16.7 Å². The highest BCUT2D eigenvalue weighted by Crippen LogP contribution is 2.21. The molecule has 0 aliphatic carbocycles. The SMILES string of the molecule is CC(C)N(Cc1cccc(OS(C)(=O)=O)c1)C(=O)Nc1ccc(F)c(Cl)c1. The number of halogens is 2. The van der Waals surface area contributed by atoms with Crippen molar-refractivity contribution in [2.45, 2.75) is 26.4 Å². The van der Waals surface area contributed by atoms with Crippen molar-refractivity contribution in [1.82, 2.24) is 4.90 Å². The third-order valence-electron chi connectivity index (χ3n) is 3.55. The Hall–Kier alpha value is -2.32. The maximum Gasteiger partial charge on any atom is 0.322 e. The number of carbonyl (C=O) groups excluding carboxylic acids is 1. The standard InChI is InChI=1S/C18H20ClFN2O4S/c1-12(2)22(18(23)21-14-7-8-17(20)16(19)10-14)11-13-5-4-6-15(9-13)26-27(3,24)25/h4-10,12H,11H2,1-3H3,(H,21,23). The molecule has 1 N–H and O–H groups in total. The Kier molecular flexibility index (Phi) is 6.67. The number of amides is 2. The van der Waals surface area contributed by atoms with Crippen molar-refractivity contribution in [3.63, 3.8) is 0 Å². The normalized spacial score (nSPS) is 11.3. The fraction of sp³-hybridized carbons (Fsp3) is 0.278. The van der Waals surface area contributed by atoms with Gasteiger partial charge in [-0.3, -0.25) is 0 Å². The van der Waals surface area contributed by atoms with Crippen LogP contribution in [0.3, 0.4) is 0 Å². The molecule has 0 saturated carbocycles. The average Bonchev–Trinajstić information content (AvgIpc) is 2.54. The summed E-state index contributed by atoms with van der Waals surface area (Å²) < 4.78 is 40.7. The lowest BCUT2D eigenvalue weighted by Crippen LogP contribution is -2.39. The van der Waals surface area contributed by atoms with E-state index >= 15 is 0 Å². The van der Waals surface area contributed by atoms with Gasteiger partial charge in [0.15, 0.2) is 0 Å². The minimum absolute atomic E-state index is 0.0884. The lowest BCUT2D eigenvalue weighted by molar-refractivity contribution is 0.193. The monoisotopic (exact) mass is 414 g/mol. The van der Waals surface area contributed by atoms with Crippen LogP contribution in [0.1, 0.15) is 19.4 Å². The van der Waals surface area contributed by atoms with Gasteiger partial charge in [0.25, 0.3) is 0 Å². The van der Waals surface area contributed by atoms with Crippen LogP contribution in [-0.4, -0.2) is 31.6 Å². The number of nitrogens with one attached hydrogen (secondary N) is 1. The van der Waals surface area contributed by atoms with Crippen LogP contribution >= 0.6 is 11.6 Å². The summed E-state index contributed by atoms with van der Waals surface area (Å²) >= 11 is 5.74. The predicted octanol–water partition coefficient (Wildman–Crippen LogP) is 4.26. The first-order valence-corrected chi connectivity index (χ1v) is 10.3. The van der Waals surface area contributed by atoms with E-state index in [0.717, 1.165) is 6.26 Å². The van der Waals surface area contributed by atoms with Crippen LogP contribution < -0.4 is 9.50 Å². The molecule has 2 amide bonds. The molecule has 9 heteroatoms. The summed E-state index contributed by atoms with van der Waals surface area (Å²) in [6.07, 6.45) is 0.960. The Labute approximate surface area is 163 Å². The number of hydrogen-bond donors (Lipinski definition) is 1. The Balaban J connectivity index is 2.16. The molecule has 0 aliphatic heterocycles. The molecule has 2 aromatic rings. The first-order valence-electron chi connectivity index (χ1n) is 8.06. The van der Waals surface area contributed by atoms with Gasteiger partial charge < -0.3 is 14.4 Å². The van der Waals surface area contributed by atoms with E-state index in [-0.39, 0.29) is 23.4 Å². The fourth-order valence-electron chi connectivity index (χ4n) is 2.33. The molecule has 0 fully saturated rings. The molecule has 2 aromatic carbocycles. The second-order valence-electron chi connectivity index (χ2n) is 6.22. The smallest absolute Gasteiger partial charge is 0.322 e. The van der Waals surface area contributed by atoms with Crippen molar-refractivity contribution in [1.29, 1.82) is 0 Å². The average molecular weight is 415 g/mol. The number of benzene rings is 2. The molecule has 2 rings (SSSR count). The number of hydrogen-bond acceptors (Lipinski definition) is 4. The molecule has 0 saturated heterocycles. The van der Waals surface area contributed by atoms with E-state index in [0.29, 0.717) is 11.3 Å². The Morgan fingerprint density at radius 2 is 1.96 bits per heavy atom. The summed E-state index contributed by atoms with van der Waals surface area (Å²) in [6, 6.07) is 9.83. The van der Waals surface area contributed by atoms with Gasteiger partial charge >= 0.3 is 16.1 Å². The van der Waals surface area contributed by atoms with Crippen molar-refractivity contribution < 1.29 is 21.8 Å². The number of rotatable bonds is 6. The molecule has 6 nitrogen and oxygen atoms in total. The zero-order valence-electron chi connectivity index (χ0n) is 15.1. The van der Waals surface area contributed by atoms with E-state index < -0.39 is 22.0 Å². The first kappa shape index (κ1) is 21.0. The van der Waals surface area contributed by atoms with E-state index in [2.05, 4.69) is 5.32 Å². The van der Waals surface area contributed by atoms with Gasteiger partial charge in [0, 0.05) is 18.3 Å². The molecule has 146 valence electrons. The molecule has 27 heavy (non-hydrogen) atoms. The van der Waals surface area contributed by atoms with E-state index in [1.165, 1.54) is 29.2 Å². The molecule has 0 radical (unpaired) electrons. The molecular weight excluding hydrogens is 395 g/mol. The molecule has 0 unspecified atom stereocenters. The van der Waals surface area contributed by atoms with Gasteiger partial charge in [-0.25, -0.2) is 9.18 Å². The minimum Gasteiger partial charge on any atom is -0.383 e. The van der Waals surface area contributed by atoms with Gasteiger partial charge in [-0.05, 0) is 49.7 Å². The van der Waals surface area contributed by atoms with E-state index in [1.807, 2.05) is 13.8 Å². The van der Waals surface area contributed by atoms with Crippen LogP contribution in [0.5, 0.6) is 5.75 Å². The molecule has 0 aliphatic rings. The summed E-state index contributed by atoms with van der Waals surface area (Å²) in [5, 5.41) is 2.58. The Morgan fingerprint density at radius 3 is 2.56 bits per heavy atom. The molecule has 0 bridgehead atoms. The summed E-state index contributed by atoms with van der Waals surface area (Å²) in [5.41, 5.74) is 1.06. The van der Waals surface area contributed by atoms with Gasteiger partial charge in [0.05, 0.1) is 11.3 Å². The lowest BCUT2D eigenvalue weighted by Gasteiger charge is -2.27. The van der Waals surface area contributed by atoms with Gasteiger partial charge in [-0.2, -0.15) is 8.42 Å². The largest absolute Gasteiger partial charge is 0.383 e. The predicted molar refractivity (Wildman–Crippen MR) is 103 cm³/mol. The number of anilines is 1. The van der Waals surface area contributed by atoms with Crippen molar-refractivity contribution in [3.05, 3.63) is 58.9 Å². The maximum atomic E-state index is 13.3. The van der Waals surface area contributed by atoms with E-state index in [9.17, 15) is 17.6 Å². The topological polar surface area (TPSA) is 75.7 Å². The Bertz CT molecular complexity index is 935. The summed E-state index contributed by atoms with van der Waals surface area (Å²) in [7, 11) is -3.64. The van der Waals surface area contributed by atoms with E-state index in [1.54, 1.807) is 18.2 Å². The fourth-order valence-corrected chi connectivity index (χ4v) is 2.96. The van der Waals surface area contributed by atoms with Crippen LogP contribution in [0.4, 0.5) is 14.9 Å². The van der Waals surface area contributed by atoms with Gasteiger partial charge in [0.2, 0.25) is 0 Å². The molecule has 0 heterocycles. The molecule has 0 atom stereocenters. The van der Waals surface area contributed by atoms with Crippen molar-refractivity contribution in [2.75, 3.05) is 11.6 Å². The summed E-state index contributed by atoms with van der Waals surface area (Å²) in [5.74, 6) is -0.400. The molecule has 0 aromatic heterocycles. The number of urea groups is 1. The number of carbonyl (C=O) groups is 1. The van der Waals surface area contributed by atoms with Crippen LogP contribution in [0.2, 0.25) is 5.02 Å². The van der Waals surface area contributed by atoms with Gasteiger partial charge in [-0.15, -0.1) is 0 Å². The highest BCUT2D eigenvalue weighted by molar-refractivity contribution is 7.86. The zero-order chi connectivity index (χ0) is 20.2. The van der Waals surface area contributed by atoms with E-state index in [4.69, 9.17) is 15.8 Å². The van der Waals surface area contributed by atoms with Gasteiger partial charge in [0.1, 0.15) is 11.6 Å². The lowest BCUT2D eigenvalue weighted by atomic mass is 10.2. The summed E-state index contributed by atoms with van der Waals surface area (Å²) in [4.78, 5) is 14.2. The highest BCUT2D eigenvalue weighted by Gasteiger charge is 2.18. The number of nitrogens with zero attached hydrogens (tertiary/aromatic N) is 1.